The molecule has 1 aliphatic carbocycles. The van der Waals surface area contributed by atoms with E-state index in [1.807, 2.05) is 6.92 Å². The molecule has 0 radical (unpaired) electrons. The van der Waals surface area contributed by atoms with E-state index in [1.165, 1.54) is 7.11 Å². The summed E-state index contributed by atoms with van der Waals surface area (Å²) in [7, 11) is 1.34. The number of rotatable bonds is 2. The summed E-state index contributed by atoms with van der Waals surface area (Å²) in [4.78, 5) is 24.6. The lowest BCUT2D eigenvalue weighted by molar-refractivity contribution is -0.118. The Kier molecular flexibility index (Phi) is 4.45. The van der Waals surface area contributed by atoms with Crippen LogP contribution in [0, 0.1) is 16.7 Å². The minimum atomic E-state index is -0.413. The third-order valence-electron chi connectivity index (χ3n) is 5.03. The molecule has 2 aliphatic rings. The summed E-state index contributed by atoms with van der Waals surface area (Å²) in [5.41, 5.74) is 4.07. The van der Waals surface area contributed by atoms with E-state index in [9.17, 15) is 14.9 Å². The van der Waals surface area contributed by atoms with Gasteiger partial charge >= 0.3 is 5.97 Å². The smallest absolute Gasteiger partial charge is 0.337 e. The number of hydrogen-bond acceptors (Lipinski definition) is 5. The Morgan fingerprint density at radius 1 is 1.27 bits per heavy atom. The number of ketones is 1. The number of nitrogens with one attached hydrogen (secondary N) is 1. The lowest BCUT2D eigenvalue weighted by atomic mass is 9.69. The Balaban J connectivity index is 2.11. The van der Waals surface area contributed by atoms with Gasteiger partial charge in [0.2, 0.25) is 0 Å². The van der Waals surface area contributed by atoms with E-state index in [-0.39, 0.29) is 11.2 Å². The van der Waals surface area contributed by atoms with Crippen LogP contribution in [0.15, 0.2) is 46.8 Å². The molecule has 3 rings (SSSR count). The molecule has 0 fully saturated rings. The number of carbonyl (C=O) groups excluding carboxylic acids is 2. The number of carbonyl (C=O) groups is 2. The minimum absolute atomic E-state index is 0.0750. The molecule has 1 aromatic rings. The maximum absolute atomic E-state index is 12.9. The number of nitrogens with zero attached hydrogens (tertiary/aromatic N) is 1. The van der Waals surface area contributed by atoms with E-state index in [2.05, 4.69) is 25.2 Å². The fourth-order valence-electron chi connectivity index (χ4n) is 3.85. The first kappa shape index (κ1) is 17.9. The van der Waals surface area contributed by atoms with E-state index in [0.29, 0.717) is 23.1 Å². The van der Waals surface area contributed by atoms with Crippen LogP contribution in [0.5, 0.6) is 0 Å². The van der Waals surface area contributed by atoms with Crippen LogP contribution < -0.4 is 5.32 Å². The quantitative estimate of drug-likeness (QED) is 0.825. The highest BCUT2D eigenvalue weighted by Gasteiger charge is 2.41. The van der Waals surface area contributed by atoms with Gasteiger partial charge in [-0.05, 0) is 36.5 Å². The summed E-state index contributed by atoms with van der Waals surface area (Å²) in [5.74, 6) is -0.734. The summed E-state index contributed by atoms with van der Waals surface area (Å²) in [5, 5.41) is 13.0. The average Bonchev–Trinajstić information content (AvgIpc) is 2.59. The van der Waals surface area contributed by atoms with Gasteiger partial charge in [0.05, 0.1) is 30.2 Å². The molecule has 1 N–H and O–H groups in total. The van der Waals surface area contributed by atoms with Crippen LogP contribution in [0.25, 0.3) is 0 Å². The SMILES string of the molecule is COC(=O)c1ccc(C2C(C#N)=C(C)NC3=C2C(=O)CC(C)(C)C3)cc1. The Bertz CT molecular complexity index is 883. The fourth-order valence-corrected chi connectivity index (χ4v) is 3.85. The molecular weight excluding hydrogens is 328 g/mol. The van der Waals surface area contributed by atoms with Gasteiger partial charge in [-0.15, -0.1) is 0 Å². The molecule has 0 saturated heterocycles. The summed E-state index contributed by atoms with van der Waals surface area (Å²) >= 11 is 0. The van der Waals surface area contributed by atoms with E-state index in [1.54, 1.807) is 24.3 Å². The Labute approximate surface area is 153 Å². The first-order valence-electron chi connectivity index (χ1n) is 8.60. The molecule has 5 heteroatoms. The van der Waals surface area contributed by atoms with Crippen LogP contribution in [0.1, 0.15) is 55.5 Å². The third kappa shape index (κ3) is 3.03. The number of ether oxygens (including phenoxy) is 1. The highest BCUT2D eigenvalue weighted by atomic mass is 16.5. The largest absolute Gasteiger partial charge is 0.465 e. The number of Topliss-reactive ketones (excluding diaryl/α,β-unsaturated/α-hetero) is 1. The lowest BCUT2D eigenvalue weighted by Gasteiger charge is -2.38. The highest BCUT2D eigenvalue weighted by molar-refractivity contribution is 6.00. The van der Waals surface area contributed by atoms with Gasteiger partial charge in [-0.2, -0.15) is 5.26 Å². The Morgan fingerprint density at radius 2 is 1.92 bits per heavy atom. The van der Waals surface area contributed by atoms with E-state index in [0.717, 1.165) is 23.4 Å². The highest BCUT2D eigenvalue weighted by Crippen LogP contribution is 2.46. The van der Waals surface area contributed by atoms with Crippen LogP contribution >= 0.6 is 0 Å². The zero-order chi connectivity index (χ0) is 19.1. The van der Waals surface area contributed by atoms with Crippen LogP contribution in [-0.4, -0.2) is 18.9 Å². The topological polar surface area (TPSA) is 79.2 Å². The fraction of sp³-hybridized carbons (Fsp3) is 0.381. The van der Waals surface area contributed by atoms with Crippen molar-refractivity contribution < 1.29 is 14.3 Å². The van der Waals surface area contributed by atoms with Gasteiger partial charge in [0.1, 0.15) is 0 Å². The second-order valence-electron chi connectivity index (χ2n) is 7.66. The molecule has 0 spiro atoms. The number of dihydropyridines is 1. The Morgan fingerprint density at radius 3 is 2.50 bits per heavy atom. The average molecular weight is 350 g/mol. The molecule has 0 saturated carbocycles. The number of methoxy groups -OCH3 is 1. The normalized spacial score (nSPS) is 21.7. The summed E-state index contributed by atoms with van der Waals surface area (Å²) < 4.78 is 4.73. The molecule has 1 atom stereocenters. The molecule has 26 heavy (non-hydrogen) atoms. The number of esters is 1. The van der Waals surface area contributed by atoms with Crippen LogP contribution in [0.3, 0.4) is 0 Å². The molecule has 1 aromatic carbocycles. The first-order valence-corrected chi connectivity index (χ1v) is 8.60. The third-order valence-corrected chi connectivity index (χ3v) is 5.03. The Hall–Kier alpha value is -2.87. The van der Waals surface area contributed by atoms with E-state index in [4.69, 9.17) is 4.74 Å². The number of nitriles is 1. The second kappa shape index (κ2) is 6.45. The summed E-state index contributed by atoms with van der Waals surface area (Å²) in [6.07, 6.45) is 1.23. The summed E-state index contributed by atoms with van der Waals surface area (Å²) in [6, 6.07) is 9.20. The van der Waals surface area contributed by atoms with Crippen molar-refractivity contribution in [2.24, 2.45) is 5.41 Å². The van der Waals surface area contributed by atoms with E-state index < -0.39 is 11.9 Å². The van der Waals surface area contributed by atoms with Gasteiger partial charge in [0.25, 0.3) is 0 Å². The standard InChI is InChI=1S/C21H22N2O3/c1-12-15(11-22)18(13-5-7-14(8-6-13)20(25)26-4)19-16(23-12)9-21(2,3)10-17(19)24/h5-8,18,23H,9-10H2,1-4H3. The monoisotopic (exact) mass is 350 g/mol. The van der Waals surface area contributed by atoms with Crippen molar-refractivity contribution >= 4 is 11.8 Å². The maximum atomic E-state index is 12.9. The van der Waals surface area contributed by atoms with Gasteiger partial charge < -0.3 is 10.1 Å². The van der Waals surface area contributed by atoms with Crippen LogP contribution in [0.2, 0.25) is 0 Å². The molecule has 1 aliphatic heterocycles. The molecule has 5 nitrogen and oxygen atoms in total. The molecule has 0 aromatic heterocycles. The van der Waals surface area contributed by atoms with Gasteiger partial charge in [-0.25, -0.2) is 4.79 Å². The van der Waals surface area contributed by atoms with Crippen molar-refractivity contribution in [2.75, 3.05) is 7.11 Å². The predicted octanol–water partition coefficient (Wildman–Crippen LogP) is 3.60. The molecule has 0 amide bonds. The van der Waals surface area contributed by atoms with Crippen LogP contribution in [0.4, 0.5) is 0 Å². The molecule has 134 valence electrons. The molecule has 0 bridgehead atoms. The van der Waals surface area contributed by atoms with Gasteiger partial charge in [0.15, 0.2) is 5.78 Å². The van der Waals surface area contributed by atoms with Gasteiger partial charge in [-0.1, -0.05) is 26.0 Å². The first-order chi connectivity index (χ1) is 12.3. The zero-order valence-electron chi connectivity index (χ0n) is 15.5. The van der Waals surface area contributed by atoms with Crippen LogP contribution in [-0.2, 0) is 9.53 Å². The predicted molar refractivity (Wildman–Crippen MR) is 97.0 cm³/mol. The van der Waals surface area contributed by atoms with Crippen molar-refractivity contribution in [2.45, 2.75) is 39.5 Å². The second-order valence-corrected chi connectivity index (χ2v) is 7.66. The summed E-state index contributed by atoms with van der Waals surface area (Å²) in [6.45, 7) is 6.02. The van der Waals surface area contributed by atoms with E-state index >= 15 is 0 Å². The lowest BCUT2D eigenvalue weighted by Crippen LogP contribution is -2.36. The van der Waals surface area contributed by atoms with Crippen molar-refractivity contribution in [3.63, 3.8) is 0 Å². The van der Waals surface area contributed by atoms with Gasteiger partial charge in [-0.3, -0.25) is 4.79 Å². The van der Waals surface area contributed by atoms with Crippen molar-refractivity contribution in [3.05, 3.63) is 57.9 Å². The van der Waals surface area contributed by atoms with Crippen molar-refractivity contribution in [3.8, 4) is 6.07 Å². The number of benzene rings is 1. The van der Waals surface area contributed by atoms with Gasteiger partial charge in [0, 0.05) is 23.4 Å². The zero-order valence-corrected chi connectivity index (χ0v) is 15.5. The van der Waals surface area contributed by atoms with Crippen molar-refractivity contribution in [1.82, 2.24) is 5.32 Å². The molecule has 1 heterocycles. The molecular formula is C21H22N2O3. The molecule has 1 unspecified atom stereocenters. The maximum Gasteiger partial charge on any atom is 0.337 e. The van der Waals surface area contributed by atoms with Crippen molar-refractivity contribution in [1.29, 1.82) is 5.26 Å². The number of hydrogen-bond donors (Lipinski definition) is 1. The minimum Gasteiger partial charge on any atom is -0.465 e. The number of allylic oxidation sites excluding steroid dienone is 4.